The summed E-state index contributed by atoms with van der Waals surface area (Å²) in [6.45, 7) is 3.26. The fourth-order valence-electron chi connectivity index (χ4n) is 1.38. The van der Waals surface area contributed by atoms with Crippen LogP contribution in [0, 0.1) is 0 Å². The predicted octanol–water partition coefficient (Wildman–Crippen LogP) is 3.51. The van der Waals surface area contributed by atoms with E-state index in [0.717, 1.165) is 0 Å². The number of rotatable bonds is 8. The van der Waals surface area contributed by atoms with E-state index in [1.54, 1.807) is 0 Å². The van der Waals surface area contributed by atoms with Gasteiger partial charge >= 0.3 is 23.7 Å². The summed E-state index contributed by atoms with van der Waals surface area (Å²) in [5.41, 5.74) is -4.09. The van der Waals surface area contributed by atoms with E-state index in [2.05, 4.69) is 11.3 Å². The molecule has 0 heterocycles. The average Bonchev–Trinajstić information content (AvgIpc) is 2.33. The Hall–Kier alpha value is -1.32. The molecule has 0 rings (SSSR count). The van der Waals surface area contributed by atoms with E-state index in [-0.39, 0.29) is 19.4 Å². The number of carbonyl (C=O) groups excluding carboxylic acids is 1. The van der Waals surface area contributed by atoms with Gasteiger partial charge in [0.05, 0.1) is 6.10 Å². The standard InChI is InChI=1S/C13H17F7O3/c1-7(2)9(22)23-6-8(21)5-11(15,16)13(19,20)12(17,18)10(3,4)14/h8,21H,1,5-6H2,2-4H3. The lowest BCUT2D eigenvalue weighted by molar-refractivity contribution is -0.343. The van der Waals surface area contributed by atoms with Crippen molar-refractivity contribution in [2.75, 3.05) is 6.61 Å². The van der Waals surface area contributed by atoms with Crippen LogP contribution in [0.2, 0.25) is 0 Å². The van der Waals surface area contributed by atoms with E-state index in [1.165, 1.54) is 6.92 Å². The van der Waals surface area contributed by atoms with Crippen LogP contribution >= 0.6 is 0 Å². The minimum absolute atomic E-state index is 0.0298. The zero-order chi connectivity index (χ0) is 18.9. The normalized spacial score (nSPS) is 15.3. The fraction of sp³-hybridized carbons (Fsp3) is 0.769. The molecular weight excluding hydrogens is 337 g/mol. The monoisotopic (exact) mass is 354 g/mol. The van der Waals surface area contributed by atoms with E-state index >= 15 is 0 Å². The molecule has 136 valence electrons. The molecule has 0 saturated heterocycles. The molecule has 1 N–H and O–H groups in total. The van der Waals surface area contributed by atoms with Crippen LogP contribution in [-0.2, 0) is 9.53 Å². The van der Waals surface area contributed by atoms with Gasteiger partial charge in [0, 0.05) is 12.0 Å². The van der Waals surface area contributed by atoms with Crippen molar-refractivity contribution in [1.29, 1.82) is 0 Å². The predicted molar refractivity (Wildman–Crippen MR) is 66.4 cm³/mol. The molecule has 23 heavy (non-hydrogen) atoms. The highest BCUT2D eigenvalue weighted by atomic mass is 19.3. The summed E-state index contributed by atoms with van der Waals surface area (Å²) in [5.74, 6) is -18.3. The highest BCUT2D eigenvalue weighted by Gasteiger charge is 2.76. The lowest BCUT2D eigenvalue weighted by Crippen LogP contribution is -2.62. The van der Waals surface area contributed by atoms with Crippen LogP contribution in [0.15, 0.2) is 12.2 Å². The van der Waals surface area contributed by atoms with Crippen LogP contribution in [0.4, 0.5) is 30.7 Å². The van der Waals surface area contributed by atoms with Crippen LogP contribution < -0.4 is 0 Å². The molecule has 0 saturated carbocycles. The fourth-order valence-corrected chi connectivity index (χ4v) is 1.38. The van der Waals surface area contributed by atoms with Crippen LogP contribution in [0.3, 0.4) is 0 Å². The molecule has 3 nitrogen and oxygen atoms in total. The van der Waals surface area contributed by atoms with E-state index in [0.29, 0.717) is 0 Å². The van der Waals surface area contributed by atoms with E-state index in [4.69, 9.17) is 0 Å². The second-order valence-electron chi connectivity index (χ2n) is 5.56. The summed E-state index contributed by atoms with van der Waals surface area (Å²) in [6.07, 6.45) is -4.52. The lowest BCUT2D eigenvalue weighted by atomic mass is 9.90. The van der Waals surface area contributed by atoms with Gasteiger partial charge in [0.15, 0.2) is 5.67 Å². The summed E-state index contributed by atoms with van der Waals surface area (Å²) < 4.78 is 97.7. The first-order chi connectivity index (χ1) is 9.97. The van der Waals surface area contributed by atoms with Gasteiger partial charge in [-0.05, 0) is 20.8 Å². The molecular formula is C13H17F7O3. The topological polar surface area (TPSA) is 46.5 Å². The van der Waals surface area contributed by atoms with E-state index in [9.17, 15) is 40.6 Å². The molecule has 0 aliphatic heterocycles. The van der Waals surface area contributed by atoms with E-state index < -0.39 is 48.5 Å². The van der Waals surface area contributed by atoms with Gasteiger partial charge in [0.1, 0.15) is 6.61 Å². The van der Waals surface area contributed by atoms with Gasteiger partial charge in [-0.15, -0.1) is 0 Å². The molecule has 0 aromatic rings. The molecule has 1 atom stereocenters. The molecule has 0 amide bonds. The van der Waals surface area contributed by atoms with Gasteiger partial charge < -0.3 is 9.84 Å². The van der Waals surface area contributed by atoms with Gasteiger partial charge in [-0.2, -0.15) is 26.3 Å². The molecule has 0 aromatic heterocycles. The highest BCUT2D eigenvalue weighted by Crippen LogP contribution is 2.53. The van der Waals surface area contributed by atoms with Gasteiger partial charge in [0.25, 0.3) is 0 Å². The van der Waals surface area contributed by atoms with Crippen LogP contribution in [-0.4, -0.2) is 47.2 Å². The molecule has 0 aromatic carbocycles. The molecule has 0 aliphatic rings. The number of halogens is 7. The molecule has 0 aliphatic carbocycles. The molecule has 0 spiro atoms. The number of aliphatic hydroxyl groups is 1. The van der Waals surface area contributed by atoms with Gasteiger partial charge in [-0.1, -0.05) is 6.58 Å². The first-order valence-electron chi connectivity index (χ1n) is 6.30. The van der Waals surface area contributed by atoms with Crippen molar-refractivity contribution < 1.29 is 45.4 Å². The Morgan fingerprint density at radius 1 is 1.09 bits per heavy atom. The van der Waals surface area contributed by atoms with Crippen molar-refractivity contribution in [3.05, 3.63) is 12.2 Å². The summed E-state index contributed by atoms with van der Waals surface area (Å²) in [5, 5.41) is 9.19. The highest BCUT2D eigenvalue weighted by molar-refractivity contribution is 5.86. The minimum atomic E-state index is -6.07. The molecule has 0 bridgehead atoms. The number of aliphatic hydroxyl groups excluding tert-OH is 1. The number of carbonyl (C=O) groups is 1. The number of alkyl halides is 7. The maximum atomic E-state index is 13.4. The van der Waals surface area contributed by atoms with Crippen LogP contribution in [0.1, 0.15) is 27.2 Å². The van der Waals surface area contributed by atoms with Crippen molar-refractivity contribution in [2.24, 2.45) is 0 Å². The SMILES string of the molecule is C=C(C)C(=O)OCC(O)CC(F)(F)C(F)(F)C(F)(F)C(C)(C)F. The second kappa shape index (κ2) is 6.66. The first-order valence-corrected chi connectivity index (χ1v) is 6.30. The molecule has 0 radical (unpaired) electrons. The quantitative estimate of drug-likeness (QED) is 0.412. The van der Waals surface area contributed by atoms with Gasteiger partial charge in [0.2, 0.25) is 0 Å². The van der Waals surface area contributed by atoms with Crippen molar-refractivity contribution in [3.8, 4) is 0 Å². The third kappa shape index (κ3) is 4.58. The molecule has 1 unspecified atom stereocenters. The van der Waals surface area contributed by atoms with Crippen molar-refractivity contribution in [2.45, 2.75) is 56.7 Å². The second-order valence-corrected chi connectivity index (χ2v) is 5.56. The Bertz CT molecular complexity index is 455. The Labute approximate surface area is 128 Å². The zero-order valence-electron chi connectivity index (χ0n) is 12.6. The summed E-state index contributed by atoms with van der Waals surface area (Å²) >= 11 is 0. The Morgan fingerprint density at radius 2 is 1.52 bits per heavy atom. The molecule has 0 fully saturated rings. The molecule has 10 heteroatoms. The minimum Gasteiger partial charge on any atom is -0.460 e. The Balaban J connectivity index is 5.11. The number of ether oxygens (including phenoxy) is 1. The maximum Gasteiger partial charge on any atom is 0.375 e. The van der Waals surface area contributed by atoms with Gasteiger partial charge in [-0.3, -0.25) is 0 Å². The number of esters is 1. The Morgan fingerprint density at radius 3 is 1.87 bits per heavy atom. The first kappa shape index (κ1) is 21.7. The maximum absolute atomic E-state index is 13.4. The van der Waals surface area contributed by atoms with Gasteiger partial charge in [-0.25, -0.2) is 9.18 Å². The summed E-state index contributed by atoms with van der Waals surface area (Å²) in [6, 6.07) is 0. The van der Waals surface area contributed by atoms with Crippen molar-refractivity contribution >= 4 is 5.97 Å². The Kier molecular flexibility index (Phi) is 6.28. The smallest absolute Gasteiger partial charge is 0.375 e. The van der Waals surface area contributed by atoms with Crippen molar-refractivity contribution in [1.82, 2.24) is 0 Å². The van der Waals surface area contributed by atoms with Crippen LogP contribution in [0.5, 0.6) is 0 Å². The third-order valence-electron chi connectivity index (χ3n) is 2.85. The van der Waals surface area contributed by atoms with E-state index in [1.807, 2.05) is 0 Å². The van der Waals surface area contributed by atoms with Crippen LogP contribution in [0.25, 0.3) is 0 Å². The largest absolute Gasteiger partial charge is 0.460 e. The number of hydrogen-bond acceptors (Lipinski definition) is 3. The third-order valence-corrected chi connectivity index (χ3v) is 2.85. The summed E-state index contributed by atoms with van der Waals surface area (Å²) in [4.78, 5) is 11.0. The lowest BCUT2D eigenvalue weighted by Gasteiger charge is -2.38. The average molecular weight is 354 g/mol. The zero-order valence-corrected chi connectivity index (χ0v) is 12.6. The number of hydrogen-bond donors (Lipinski definition) is 1. The summed E-state index contributed by atoms with van der Waals surface area (Å²) in [7, 11) is 0. The van der Waals surface area contributed by atoms with Crippen molar-refractivity contribution in [3.63, 3.8) is 0 Å².